The summed E-state index contributed by atoms with van der Waals surface area (Å²) >= 11 is 0. The van der Waals surface area contributed by atoms with Crippen molar-refractivity contribution < 1.29 is 0 Å². The van der Waals surface area contributed by atoms with Crippen LogP contribution in [0.5, 0.6) is 0 Å². The van der Waals surface area contributed by atoms with Crippen LogP contribution in [-0.2, 0) is 0 Å². The maximum Gasteiger partial charge on any atom is 0.129 e. The Morgan fingerprint density at radius 2 is 1.60 bits per heavy atom. The third-order valence-corrected chi connectivity index (χ3v) is 1.24. The largest absolute Gasteiger partial charge is 0.258 e. The fraction of sp³-hybridized carbons (Fsp3) is 0. The second-order valence-electron chi connectivity index (χ2n) is 2.20. The zero-order valence-corrected chi connectivity index (χ0v) is 7.73. The lowest BCUT2D eigenvalue weighted by Crippen LogP contribution is -1.69. The van der Waals surface area contributed by atoms with E-state index in [-0.39, 0.29) is 11.1 Å². The molecule has 0 aliphatic rings. The molecule has 0 radical (unpaired) electrons. The SMILES string of the molecule is N#CC(=C=N)/C=C/C=C/C=C(C#N)C#N. The predicted octanol–water partition coefficient (Wildman–Crippen LogP) is 1.77. The van der Waals surface area contributed by atoms with Crippen molar-refractivity contribution in [3.05, 3.63) is 41.5 Å². The van der Waals surface area contributed by atoms with Gasteiger partial charge in [0.15, 0.2) is 0 Å². The molecule has 15 heavy (non-hydrogen) atoms. The van der Waals surface area contributed by atoms with E-state index in [1.807, 2.05) is 5.87 Å². The average molecular weight is 194 g/mol. The van der Waals surface area contributed by atoms with Crippen molar-refractivity contribution in [1.82, 2.24) is 0 Å². The minimum atomic E-state index is 0.00255. The molecule has 70 valence electrons. The first kappa shape index (κ1) is 12.1. The number of rotatable bonds is 3. The minimum absolute atomic E-state index is 0.00255. The summed E-state index contributed by atoms with van der Waals surface area (Å²) in [7, 11) is 0. The molecular formula is C11H6N4. The number of nitriles is 3. The molecule has 0 aliphatic heterocycles. The molecule has 4 nitrogen and oxygen atoms in total. The maximum atomic E-state index is 8.40. The topological polar surface area (TPSA) is 95.2 Å². The highest BCUT2D eigenvalue weighted by molar-refractivity contribution is 5.65. The van der Waals surface area contributed by atoms with Crippen LogP contribution in [0.2, 0.25) is 0 Å². The zero-order chi connectivity index (χ0) is 11.5. The summed E-state index contributed by atoms with van der Waals surface area (Å²) in [5, 5.41) is 31.8. The highest BCUT2D eigenvalue weighted by Crippen LogP contribution is 1.92. The Hall–Kier alpha value is -2.86. The number of nitrogens with one attached hydrogen (secondary N) is 1. The molecule has 0 aromatic heterocycles. The lowest BCUT2D eigenvalue weighted by Gasteiger charge is -1.77. The van der Waals surface area contributed by atoms with Crippen LogP contribution in [0.1, 0.15) is 0 Å². The van der Waals surface area contributed by atoms with Crippen molar-refractivity contribution in [1.29, 1.82) is 21.2 Å². The predicted molar refractivity (Wildman–Crippen MR) is 54.4 cm³/mol. The fourth-order valence-corrected chi connectivity index (χ4v) is 0.574. The molecule has 0 unspecified atom stereocenters. The molecule has 0 amide bonds. The Morgan fingerprint density at radius 3 is 2.07 bits per heavy atom. The normalized spacial score (nSPS) is 8.60. The van der Waals surface area contributed by atoms with Crippen molar-refractivity contribution in [2.75, 3.05) is 0 Å². The van der Waals surface area contributed by atoms with Crippen LogP contribution in [0.3, 0.4) is 0 Å². The maximum absolute atomic E-state index is 8.40. The molecule has 0 saturated carbocycles. The van der Waals surface area contributed by atoms with E-state index in [0.717, 1.165) is 0 Å². The molecule has 0 bridgehead atoms. The van der Waals surface area contributed by atoms with Gasteiger partial charge in [-0.25, -0.2) is 0 Å². The first-order valence-corrected chi connectivity index (χ1v) is 3.83. The van der Waals surface area contributed by atoms with Crippen LogP contribution in [0.4, 0.5) is 0 Å². The molecule has 0 heterocycles. The number of allylic oxidation sites excluding steroid dienone is 7. The van der Waals surface area contributed by atoms with Crippen LogP contribution in [0.15, 0.2) is 41.5 Å². The van der Waals surface area contributed by atoms with E-state index in [9.17, 15) is 0 Å². The molecule has 4 heteroatoms. The Kier molecular flexibility index (Phi) is 6.29. The van der Waals surface area contributed by atoms with Gasteiger partial charge in [-0.05, 0) is 18.0 Å². The van der Waals surface area contributed by atoms with Gasteiger partial charge in [-0.2, -0.15) is 15.8 Å². The van der Waals surface area contributed by atoms with Crippen molar-refractivity contribution in [3.63, 3.8) is 0 Å². The van der Waals surface area contributed by atoms with Crippen LogP contribution in [-0.4, -0.2) is 5.87 Å². The summed E-state index contributed by atoms with van der Waals surface area (Å²) in [5.74, 6) is 1.94. The zero-order valence-electron chi connectivity index (χ0n) is 7.73. The first-order valence-electron chi connectivity index (χ1n) is 3.83. The van der Waals surface area contributed by atoms with E-state index < -0.39 is 0 Å². The summed E-state index contributed by atoms with van der Waals surface area (Å²) in [4.78, 5) is 0. The highest BCUT2D eigenvalue weighted by Gasteiger charge is 1.85. The van der Waals surface area contributed by atoms with Gasteiger partial charge in [0, 0.05) is 0 Å². The molecule has 1 N–H and O–H groups in total. The van der Waals surface area contributed by atoms with E-state index in [0.29, 0.717) is 0 Å². The molecule has 0 aromatic carbocycles. The van der Waals surface area contributed by atoms with Crippen molar-refractivity contribution in [2.45, 2.75) is 0 Å². The van der Waals surface area contributed by atoms with E-state index in [1.54, 1.807) is 24.3 Å². The molecule has 0 aliphatic carbocycles. The van der Waals surface area contributed by atoms with Gasteiger partial charge in [-0.3, -0.25) is 5.41 Å². The Labute approximate surface area is 87.5 Å². The summed E-state index contributed by atoms with van der Waals surface area (Å²) < 4.78 is 0. The molecule has 0 rings (SSSR count). The van der Waals surface area contributed by atoms with Crippen molar-refractivity contribution in [2.24, 2.45) is 0 Å². The lowest BCUT2D eigenvalue weighted by molar-refractivity contribution is 1.46. The van der Waals surface area contributed by atoms with Gasteiger partial charge in [0.1, 0.15) is 29.4 Å². The third kappa shape index (κ3) is 5.39. The third-order valence-electron chi connectivity index (χ3n) is 1.24. The van der Waals surface area contributed by atoms with Gasteiger partial charge in [0.2, 0.25) is 0 Å². The van der Waals surface area contributed by atoms with Crippen LogP contribution >= 0.6 is 0 Å². The van der Waals surface area contributed by atoms with Crippen molar-refractivity contribution in [3.8, 4) is 18.2 Å². The van der Waals surface area contributed by atoms with E-state index in [4.69, 9.17) is 21.2 Å². The van der Waals surface area contributed by atoms with Gasteiger partial charge < -0.3 is 0 Å². The fourth-order valence-electron chi connectivity index (χ4n) is 0.574. The molecule has 0 fully saturated rings. The monoisotopic (exact) mass is 194 g/mol. The van der Waals surface area contributed by atoms with Crippen molar-refractivity contribution >= 4 is 5.87 Å². The lowest BCUT2D eigenvalue weighted by atomic mass is 10.2. The number of hydrogen-bond acceptors (Lipinski definition) is 4. The van der Waals surface area contributed by atoms with E-state index >= 15 is 0 Å². The average Bonchev–Trinajstić information content (AvgIpc) is 2.29. The summed E-state index contributed by atoms with van der Waals surface area (Å²) in [6.07, 6.45) is 7.31. The molecule has 0 atom stereocenters. The van der Waals surface area contributed by atoms with Gasteiger partial charge >= 0.3 is 0 Å². The van der Waals surface area contributed by atoms with Gasteiger partial charge in [0.25, 0.3) is 0 Å². The van der Waals surface area contributed by atoms with E-state index in [2.05, 4.69) is 0 Å². The summed E-state index contributed by atoms with van der Waals surface area (Å²) in [6.45, 7) is 0. The minimum Gasteiger partial charge on any atom is -0.258 e. The van der Waals surface area contributed by atoms with E-state index in [1.165, 1.54) is 24.3 Å². The molecular weight excluding hydrogens is 188 g/mol. The highest BCUT2D eigenvalue weighted by atomic mass is 14.3. The second kappa shape index (κ2) is 7.77. The Morgan fingerprint density at radius 1 is 0.933 bits per heavy atom. The van der Waals surface area contributed by atoms with Crippen LogP contribution < -0.4 is 0 Å². The number of nitrogens with zero attached hydrogens (tertiary/aromatic N) is 3. The van der Waals surface area contributed by atoms with Gasteiger partial charge in [0.05, 0.1) is 0 Å². The van der Waals surface area contributed by atoms with Crippen LogP contribution in [0.25, 0.3) is 0 Å². The molecule has 0 aromatic rings. The Balaban J connectivity index is 4.45. The first-order chi connectivity index (χ1) is 7.28. The number of hydrogen-bond donors (Lipinski definition) is 1. The smallest absolute Gasteiger partial charge is 0.129 e. The standard InChI is InChI=1S/C11H6N4/c12-6-10(7-13)4-2-1-3-5-11(8-14)9-15/h1-5,12H/b3-1+,4-2+. The second-order valence-corrected chi connectivity index (χ2v) is 2.20. The van der Waals surface area contributed by atoms with Gasteiger partial charge in [-0.1, -0.05) is 18.2 Å². The van der Waals surface area contributed by atoms with Crippen LogP contribution in [0, 0.1) is 39.4 Å². The summed E-state index contributed by atoms with van der Waals surface area (Å²) in [5.41, 5.74) is 0.104. The summed E-state index contributed by atoms with van der Waals surface area (Å²) in [6, 6.07) is 5.15. The Bertz CT molecular complexity index is 464. The molecule has 0 saturated heterocycles. The van der Waals surface area contributed by atoms with Gasteiger partial charge in [-0.15, -0.1) is 0 Å². The quantitative estimate of drug-likeness (QED) is 0.421. The molecule has 0 spiro atoms.